The molecule has 0 radical (unpaired) electrons. The van der Waals surface area contributed by atoms with Crippen LogP contribution in [-0.2, 0) is 14.4 Å². The second-order valence-corrected chi connectivity index (χ2v) is 5.75. The summed E-state index contributed by atoms with van der Waals surface area (Å²) in [7, 11) is 0. The highest BCUT2D eigenvalue weighted by Gasteiger charge is 2.12. The van der Waals surface area contributed by atoms with Gasteiger partial charge in [0.1, 0.15) is 12.1 Å². The molecule has 2 atom stereocenters. The first-order chi connectivity index (χ1) is 10.3. The molecule has 0 unspecified atom stereocenters. The first-order valence-corrected chi connectivity index (χ1v) is 7.23. The SMILES string of the molecule is CC(C)C[C@@H](N)C(=O)O.CC(C)C[C@H](N)C(=O)O.NCC(=O)O. The van der Waals surface area contributed by atoms with Gasteiger partial charge in [0.25, 0.3) is 0 Å². The van der Waals surface area contributed by atoms with E-state index in [4.69, 9.17) is 26.8 Å². The van der Waals surface area contributed by atoms with Crippen LogP contribution in [0.4, 0.5) is 0 Å². The zero-order valence-corrected chi connectivity index (χ0v) is 14.2. The molecule has 0 aliphatic heterocycles. The quantitative estimate of drug-likeness (QED) is 0.368. The van der Waals surface area contributed by atoms with Crippen molar-refractivity contribution in [2.24, 2.45) is 29.0 Å². The molecular weight excluding hydrogens is 306 g/mol. The smallest absolute Gasteiger partial charge is 0.320 e. The summed E-state index contributed by atoms with van der Waals surface area (Å²) in [6.07, 6.45) is 1.10. The Balaban J connectivity index is -0.000000273. The summed E-state index contributed by atoms with van der Waals surface area (Å²) in [5, 5.41) is 24.2. The van der Waals surface area contributed by atoms with Gasteiger partial charge in [-0.15, -0.1) is 0 Å². The van der Waals surface area contributed by atoms with Gasteiger partial charge in [-0.2, -0.15) is 0 Å². The molecule has 9 nitrogen and oxygen atoms in total. The first-order valence-electron chi connectivity index (χ1n) is 7.23. The maximum Gasteiger partial charge on any atom is 0.320 e. The second kappa shape index (κ2) is 15.2. The van der Waals surface area contributed by atoms with E-state index < -0.39 is 30.0 Å². The van der Waals surface area contributed by atoms with Crippen molar-refractivity contribution < 1.29 is 29.7 Å². The molecule has 0 rings (SSSR count). The molecule has 0 aromatic heterocycles. The lowest BCUT2D eigenvalue weighted by Gasteiger charge is -2.07. The number of hydrogen-bond acceptors (Lipinski definition) is 6. The molecular formula is C14H31N3O6. The molecule has 138 valence electrons. The molecule has 9 N–H and O–H groups in total. The predicted octanol–water partition coefficient (Wildman–Crippen LogP) is -0.0815. The van der Waals surface area contributed by atoms with E-state index in [1.165, 1.54) is 0 Å². The van der Waals surface area contributed by atoms with Crippen LogP contribution in [-0.4, -0.2) is 51.9 Å². The molecule has 0 saturated heterocycles. The third kappa shape index (κ3) is 25.6. The minimum absolute atomic E-state index is 0.278. The normalized spacial score (nSPS) is 12.4. The number of nitrogens with two attached hydrogens (primary N) is 3. The lowest BCUT2D eigenvalue weighted by molar-refractivity contribution is -0.139. The highest BCUT2D eigenvalue weighted by Crippen LogP contribution is 2.02. The van der Waals surface area contributed by atoms with Gasteiger partial charge < -0.3 is 32.5 Å². The summed E-state index contributed by atoms with van der Waals surface area (Å²) in [6, 6.07) is -1.38. The van der Waals surface area contributed by atoms with E-state index in [2.05, 4.69) is 5.73 Å². The van der Waals surface area contributed by atoms with Gasteiger partial charge in [0.05, 0.1) is 6.54 Å². The van der Waals surface area contributed by atoms with E-state index in [9.17, 15) is 14.4 Å². The molecule has 0 fully saturated rings. The predicted molar refractivity (Wildman–Crippen MR) is 86.8 cm³/mol. The topological polar surface area (TPSA) is 190 Å². The van der Waals surface area contributed by atoms with Gasteiger partial charge >= 0.3 is 17.9 Å². The van der Waals surface area contributed by atoms with E-state index in [-0.39, 0.29) is 6.54 Å². The lowest BCUT2D eigenvalue weighted by Crippen LogP contribution is -2.31. The van der Waals surface area contributed by atoms with Crippen molar-refractivity contribution in [3.8, 4) is 0 Å². The van der Waals surface area contributed by atoms with Crippen molar-refractivity contribution in [2.45, 2.75) is 52.6 Å². The van der Waals surface area contributed by atoms with Gasteiger partial charge in [-0.05, 0) is 24.7 Å². The van der Waals surface area contributed by atoms with Gasteiger partial charge in [0.2, 0.25) is 0 Å². The Morgan fingerprint density at radius 1 is 0.783 bits per heavy atom. The summed E-state index contributed by atoms with van der Waals surface area (Å²) < 4.78 is 0. The average Bonchev–Trinajstić information content (AvgIpc) is 2.38. The van der Waals surface area contributed by atoms with Crippen molar-refractivity contribution >= 4 is 17.9 Å². The standard InChI is InChI=1S/2C6H13NO2.C2H5NO2/c2*1-4(2)3-5(7)6(8)9;3-1-2(4)5/h2*4-5H,3,7H2,1-2H3,(H,8,9);1,3H2,(H,4,5)/t2*5-;/m10./s1. The zero-order chi connectivity index (χ0) is 19.2. The highest BCUT2D eigenvalue weighted by molar-refractivity contribution is 5.73. The van der Waals surface area contributed by atoms with Gasteiger partial charge in [0, 0.05) is 0 Å². The molecule has 0 saturated carbocycles. The van der Waals surface area contributed by atoms with Crippen LogP contribution >= 0.6 is 0 Å². The zero-order valence-electron chi connectivity index (χ0n) is 14.2. The fourth-order valence-electron chi connectivity index (χ4n) is 1.22. The molecule has 0 aromatic rings. The number of rotatable bonds is 7. The van der Waals surface area contributed by atoms with Gasteiger partial charge in [-0.1, -0.05) is 27.7 Å². The fourth-order valence-corrected chi connectivity index (χ4v) is 1.22. The first kappa shape index (κ1) is 26.2. The van der Waals surface area contributed by atoms with Crippen LogP contribution in [0, 0.1) is 11.8 Å². The van der Waals surface area contributed by atoms with Crippen LogP contribution < -0.4 is 17.2 Å². The number of carboxylic acids is 3. The molecule has 0 heterocycles. The van der Waals surface area contributed by atoms with Crippen LogP contribution in [0.5, 0.6) is 0 Å². The summed E-state index contributed by atoms with van der Waals surface area (Å²) in [5.74, 6) is -2.08. The van der Waals surface area contributed by atoms with Crippen molar-refractivity contribution in [1.29, 1.82) is 0 Å². The maximum absolute atomic E-state index is 10.1. The molecule has 0 aromatic carbocycles. The summed E-state index contributed by atoms with van der Waals surface area (Å²) in [5.41, 5.74) is 15.0. The molecule has 9 heteroatoms. The summed E-state index contributed by atoms with van der Waals surface area (Å²) >= 11 is 0. The van der Waals surface area contributed by atoms with Crippen LogP contribution in [0.25, 0.3) is 0 Å². The Kier molecular flexibility index (Phi) is 17.3. The van der Waals surface area contributed by atoms with Gasteiger partial charge in [-0.3, -0.25) is 14.4 Å². The Morgan fingerprint density at radius 3 is 1.04 bits per heavy atom. The second-order valence-electron chi connectivity index (χ2n) is 5.75. The van der Waals surface area contributed by atoms with Crippen molar-refractivity contribution in [1.82, 2.24) is 0 Å². The van der Waals surface area contributed by atoms with Gasteiger partial charge in [-0.25, -0.2) is 0 Å². The molecule has 0 aliphatic rings. The minimum Gasteiger partial charge on any atom is -0.480 e. The monoisotopic (exact) mass is 337 g/mol. The van der Waals surface area contributed by atoms with Crippen LogP contribution in [0.3, 0.4) is 0 Å². The molecule has 0 aliphatic carbocycles. The number of aliphatic carboxylic acids is 3. The maximum atomic E-state index is 10.1. The molecule has 0 amide bonds. The highest BCUT2D eigenvalue weighted by atomic mass is 16.4. The number of hydrogen-bond donors (Lipinski definition) is 6. The Labute approximate surface area is 136 Å². The lowest BCUT2D eigenvalue weighted by atomic mass is 10.1. The third-order valence-electron chi connectivity index (χ3n) is 2.26. The van der Waals surface area contributed by atoms with E-state index in [1.807, 2.05) is 27.7 Å². The van der Waals surface area contributed by atoms with Crippen LogP contribution in [0.15, 0.2) is 0 Å². The average molecular weight is 337 g/mol. The van der Waals surface area contributed by atoms with Gasteiger partial charge in [0.15, 0.2) is 0 Å². The van der Waals surface area contributed by atoms with E-state index in [1.54, 1.807) is 0 Å². The van der Waals surface area contributed by atoms with Crippen LogP contribution in [0.2, 0.25) is 0 Å². The van der Waals surface area contributed by atoms with Crippen molar-refractivity contribution in [3.05, 3.63) is 0 Å². The molecule has 0 bridgehead atoms. The molecule has 23 heavy (non-hydrogen) atoms. The largest absolute Gasteiger partial charge is 0.480 e. The van der Waals surface area contributed by atoms with E-state index in [0.29, 0.717) is 24.7 Å². The van der Waals surface area contributed by atoms with Crippen molar-refractivity contribution in [3.63, 3.8) is 0 Å². The van der Waals surface area contributed by atoms with E-state index >= 15 is 0 Å². The Bertz CT molecular complexity index is 321. The number of carbonyl (C=O) groups is 3. The Morgan fingerprint density at radius 2 is 1.00 bits per heavy atom. The number of carboxylic acid groups (broad SMARTS) is 3. The minimum atomic E-state index is -0.968. The van der Waals surface area contributed by atoms with Crippen molar-refractivity contribution in [2.75, 3.05) is 6.54 Å². The van der Waals surface area contributed by atoms with E-state index in [0.717, 1.165) is 0 Å². The van der Waals surface area contributed by atoms with Crippen LogP contribution in [0.1, 0.15) is 40.5 Å². The third-order valence-corrected chi connectivity index (χ3v) is 2.26. The Hall–Kier alpha value is -1.71. The fraction of sp³-hybridized carbons (Fsp3) is 0.786. The summed E-state index contributed by atoms with van der Waals surface area (Å²) in [4.78, 5) is 29.5. The summed E-state index contributed by atoms with van der Waals surface area (Å²) in [6.45, 7) is 7.51. The molecule has 0 spiro atoms.